The predicted octanol–water partition coefficient (Wildman–Crippen LogP) is 2.07. The number of rotatable bonds is 2. The van der Waals surface area contributed by atoms with Gasteiger partial charge in [-0.05, 0) is 26.8 Å². The lowest BCUT2D eigenvalue weighted by Gasteiger charge is -2.19. The van der Waals surface area contributed by atoms with Crippen LogP contribution < -0.4 is 0 Å². The summed E-state index contributed by atoms with van der Waals surface area (Å²) in [5.74, 6) is -0.481. The summed E-state index contributed by atoms with van der Waals surface area (Å²) in [4.78, 5) is 19.6. The van der Waals surface area contributed by atoms with Gasteiger partial charge in [-0.25, -0.2) is 9.78 Å². The fourth-order valence-electron chi connectivity index (χ4n) is 0.982. The van der Waals surface area contributed by atoms with Crippen molar-refractivity contribution < 1.29 is 9.53 Å². The van der Waals surface area contributed by atoms with E-state index in [1.54, 1.807) is 20.8 Å². The lowest BCUT2D eigenvalue weighted by Crippen LogP contribution is -2.25. The molecule has 0 fully saturated rings. The highest BCUT2D eigenvalue weighted by Gasteiger charge is 2.20. The average Bonchev–Trinajstić information content (AvgIpc) is 2.15. The lowest BCUT2D eigenvalue weighted by molar-refractivity contribution is 0.00621. The molecule has 0 aliphatic heterocycles. The topological polar surface area (TPSA) is 52.1 Å². The van der Waals surface area contributed by atoms with Crippen molar-refractivity contribution in [3.8, 4) is 0 Å². The molecular weight excluding hydrogens is 192 g/mol. The van der Waals surface area contributed by atoms with Gasteiger partial charge < -0.3 is 4.74 Å². The first-order valence-corrected chi connectivity index (χ1v) is 4.61. The zero-order valence-corrected chi connectivity index (χ0v) is 9.15. The molecule has 0 spiro atoms. The van der Waals surface area contributed by atoms with E-state index in [0.717, 1.165) is 0 Å². The van der Waals surface area contributed by atoms with Gasteiger partial charge in [0.05, 0.1) is 5.69 Å². The number of ether oxygens (including phenoxy) is 1. The zero-order valence-electron chi connectivity index (χ0n) is 9.15. The van der Waals surface area contributed by atoms with E-state index < -0.39 is 11.6 Å². The van der Waals surface area contributed by atoms with Gasteiger partial charge in [-0.15, -0.1) is 0 Å². The molecule has 1 heterocycles. The second kappa shape index (κ2) is 4.21. The molecule has 15 heavy (non-hydrogen) atoms. The molecule has 0 atom stereocenters. The van der Waals surface area contributed by atoms with Crippen LogP contribution in [0.1, 0.15) is 37.0 Å². The Morgan fingerprint density at radius 1 is 1.40 bits per heavy atom. The van der Waals surface area contributed by atoms with Crippen LogP contribution >= 0.6 is 0 Å². The van der Waals surface area contributed by atoms with Crippen LogP contribution in [-0.4, -0.2) is 21.5 Å². The number of aromatic nitrogens is 2. The largest absolute Gasteiger partial charge is 0.455 e. The minimum absolute atomic E-state index is 0.197. The Bertz CT molecular complexity index is 380. The third-order valence-electron chi connectivity index (χ3n) is 1.51. The van der Waals surface area contributed by atoms with Gasteiger partial charge in [0.25, 0.3) is 0 Å². The number of hydrogen-bond donors (Lipinski definition) is 0. The highest BCUT2D eigenvalue weighted by atomic mass is 16.6. The molecule has 1 aromatic heterocycles. The highest BCUT2D eigenvalue weighted by Crippen LogP contribution is 2.12. The van der Waals surface area contributed by atoms with Crippen molar-refractivity contribution >= 4 is 12.0 Å². The molecule has 0 aliphatic rings. The van der Waals surface area contributed by atoms with Crippen molar-refractivity contribution in [1.29, 1.82) is 0 Å². The summed E-state index contributed by atoms with van der Waals surface area (Å²) in [5, 5.41) is 0. The van der Waals surface area contributed by atoms with E-state index in [4.69, 9.17) is 4.74 Å². The molecule has 0 saturated carbocycles. The molecule has 4 heteroatoms. The van der Waals surface area contributed by atoms with E-state index in [1.807, 2.05) is 0 Å². The second-order valence-electron chi connectivity index (χ2n) is 4.00. The van der Waals surface area contributed by atoms with Crippen LogP contribution in [0.3, 0.4) is 0 Å². The van der Waals surface area contributed by atoms with Gasteiger partial charge in [0.15, 0.2) is 5.69 Å². The Morgan fingerprint density at radius 2 is 2.00 bits per heavy atom. The molecule has 0 aromatic carbocycles. The van der Waals surface area contributed by atoms with Crippen molar-refractivity contribution in [3.05, 3.63) is 30.4 Å². The predicted molar refractivity (Wildman–Crippen MR) is 57.3 cm³/mol. The maximum Gasteiger partial charge on any atom is 0.359 e. The Labute approximate surface area is 89.0 Å². The van der Waals surface area contributed by atoms with Crippen LogP contribution in [0.2, 0.25) is 0 Å². The van der Waals surface area contributed by atoms with Gasteiger partial charge in [0, 0.05) is 12.4 Å². The fraction of sp³-hybridized carbons (Fsp3) is 0.364. The van der Waals surface area contributed by atoms with E-state index in [1.165, 1.54) is 18.5 Å². The summed E-state index contributed by atoms with van der Waals surface area (Å²) in [6.07, 6.45) is 4.43. The van der Waals surface area contributed by atoms with Crippen molar-refractivity contribution in [1.82, 2.24) is 9.97 Å². The van der Waals surface area contributed by atoms with Gasteiger partial charge in [0.2, 0.25) is 0 Å². The average molecular weight is 206 g/mol. The van der Waals surface area contributed by atoms with Crippen molar-refractivity contribution in [2.75, 3.05) is 0 Å². The maximum absolute atomic E-state index is 11.7. The van der Waals surface area contributed by atoms with E-state index in [9.17, 15) is 4.79 Å². The van der Waals surface area contributed by atoms with Crippen molar-refractivity contribution in [2.24, 2.45) is 0 Å². The molecular formula is C11H14N2O2. The molecule has 0 radical (unpaired) electrons. The van der Waals surface area contributed by atoms with E-state index in [-0.39, 0.29) is 5.69 Å². The molecule has 0 saturated heterocycles. The van der Waals surface area contributed by atoms with Crippen LogP contribution in [0.5, 0.6) is 0 Å². The summed E-state index contributed by atoms with van der Waals surface area (Å²) < 4.78 is 5.18. The molecule has 1 aromatic rings. The Balaban J connectivity index is 2.96. The number of carbonyl (C=O) groups excluding carboxylic acids is 1. The minimum atomic E-state index is -0.535. The first-order chi connectivity index (χ1) is 6.94. The minimum Gasteiger partial charge on any atom is -0.455 e. The van der Waals surface area contributed by atoms with Gasteiger partial charge >= 0.3 is 5.97 Å². The first-order valence-electron chi connectivity index (χ1n) is 4.61. The number of esters is 1. The first kappa shape index (κ1) is 11.4. The number of carbonyl (C=O) groups is 1. The lowest BCUT2D eigenvalue weighted by atomic mass is 10.2. The van der Waals surface area contributed by atoms with E-state index in [0.29, 0.717) is 5.69 Å². The highest BCUT2D eigenvalue weighted by molar-refractivity contribution is 5.90. The molecule has 0 aliphatic carbocycles. The molecule has 0 amide bonds. The Hall–Kier alpha value is -1.71. The normalized spacial score (nSPS) is 10.9. The fourth-order valence-corrected chi connectivity index (χ4v) is 0.982. The smallest absolute Gasteiger partial charge is 0.359 e. The van der Waals surface area contributed by atoms with Crippen LogP contribution in [0.4, 0.5) is 0 Å². The third kappa shape index (κ3) is 3.16. The summed E-state index contributed by atoms with van der Waals surface area (Å²) in [5.41, 5.74) is 0.0988. The maximum atomic E-state index is 11.7. The van der Waals surface area contributed by atoms with Gasteiger partial charge in [-0.3, -0.25) is 4.98 Å². The quantitative estimate of drug-likeness (QED) is 0.695. The molecule has 0 unspecified atom stereocenters. The molecule has 0 N–H and O–H groups in total. The number of hydrogen-bond acceptors (Lipinski definition) is 4. The standard InChI is InChI=1S/C11H14N2O2/c1-5-8-9(13-7-6-12-8)10(14)15-11(2,3)4/h5-7H,1H2,2-4H3. The third-order valence-corrected chi connectivity index (χ3v) is 1.51. The Kier molecular flexibility index (Phi) is 3.19. The zero-order chi connectivity index (χ0) is 11.5. The van der Waals surface area contributed by atoms with Gasteiger partial charge in [-0.1, -0.05) is 6.58 Å². The molecule has 1 rings (SSSR count). The van der Waals surface area contributed by atoms with Gasteiger partial charge in [0.1, 0.15) is 5.60 Å². The van der Waals surface area contributed by atoms with Crippen LogP contribution in [-0.2, 0) is 4.74 Å². The van der Waals surface area contributed by atoms with Crippen molar-refractivity contribution in [2.45, 2.75) is 26.4 Å². The summed E-state index contributed by atoms with van der Waals surface area (Å²) in [6, 6.07) is 0. The number of nitrogens with zero attached hydrogens (tertiary/aromatic N) is 2. The Morgan fingerprint density at radius 3 is 2.53 bits per heavy atom. The molecule has 0 bridgehead atoms. The van der Waals surface area contributed by atoms with Crippen LogP contribution in [0.25, 0.3) is 6.08 Å². The van der Waals surface area contributed by atoms with Crippen LogP contribution in [0, 0.1) is 0 Å². The van der Waals surface area contributed by atoms with E-state index in [2.05, 4.69) is 16.5 Å². The SMILES string of the molecule is C=Cc1nccnc1C(=O)OC(C)(C)C. The monoisotopic (exact) mass is 206 g/mol. The molecule has 4 nitrogen and oxygen atoms in total. The summed E-state index contributed by atoms with van der Waals surface area (Å²) in [7, 11) is 0. The van der Waals surface area contributed by atoms with Crippen LogP contribution in [0.15, 0.2) is 19.0 Å². The van der Waals surface area contributed by atoms with Gasteiger partial charge in [-0.2, -0.15) is 0 Å². The molecule has 80 valence electrons. The van der Waals surface area contributed by atoms with E-state index >= 15 is 0 Å². The van der Waals surface area contributed by atoms with Crippen molar-refractivity contribution in [3.63, 3.8) is 0 Å². The summed E-state index contributed by atoms with van der Waals surface area (Å²) in [6.45, 7) is 8.96. The second-order valence-corrected chi connectivity index (χ2v) is 4.00. The summed E-state index contributed by atoms with van der Waals surface area (Å²) >= 11 is 0.